The molecule has 31 nitrogen and oxygen atoms in total. The number of aliphatic hydroxyl groups is 2. The van der Waals surface area contributed by atoms with Gasteiger partial charge in [0, 0.05) is 192 Å². The summed E-state index contributed by atoms with van der Waals surface area (Å²) in [6, 6.07) is 30.1. The highest BCUT2D eigenvalue weighted by Crippen LogP contribution is 2.33. The molecule has 6 N–H and O–H groups in total. The Bertz CT molecular complexity index is 6780. The lowest BCUT2D eigenvalue weighted by molar-refractivity contribution is 0.0345. The zero-order valence-corrected chi connectivity index (χ0v) is 69.8. The molecule has 0 bridgehead atoms. The fraction of sp³-hybridized carbons (Fsp3) is 0.333. The monoisotopic (exact) mass is 1640 g/mol. The van der Waals surface area contributed by atoms with Gasteiger partial charge in [0.1, 0.15) is 47.0 Å². The number of anilines is 2. The number of rotatable bonds is 22. The van der Waals surface area contributed by atoms with Crippen LogP contribution >= 0.6 is 0 Å². The van der Waals surface area contributed by atoms with Gasteiger partial charge in [-0.15, -0.1) is 0 Å². The van der Waals surface area contributed by atoms with Crippen molar-refractivity contribution in [1.29, 1.82) is 0 Å². The van der Waals surface area contributed by atoms with Crippen LogP contribution in [0.25, 0.3) is 111 Å². The molecular weight excluding hydrogens is 1540 g/mol. The van der Waals surface area contributed by atoms with Gasteiger partial charge in [0.25, 0.3) is 0 Å². The zero-order valence-electron chi connectivity index (χ0n) is 69.8. The average molecular weight is 1640 g/mol. The molecule has 0 spiro atoms. The second-order valence-corrected chi connectivity index (χ2v) is 31.5. The maximum atomic E-state index is 12.9. The highest BCUT2D eigenvalue weighted by molar-refractivity contribution is 5.87. The van der Waals surface area contributed by atoms with Gasteiger partial charge in [0.2, 0.25) is 0 Å². The van der Waals surface area contributed by atoms with Gasteiger partial charge in [-0.05, 0) is 156 Å². The smallest absolute Gasteiger partial charge is 0.345 e. The Hall–Kier alpha value is -12.9. The minimum Gasteiger partial charge on any atom is -0.492 e. The molecule has 626 valence electrons. The number of aromatic nitrogens is 12. The van der Waals surface area contributed by atoms with Crippen LogP contribution in [0.1, 0.15) is 66.3 Å². The molecule has 0 radical (unpaired) electrons. The van der Waals surface area contributed by atoms with Crippen LogP contribution in [0.3, 0.4) is 0 Å². The summed E-state index contributed by atoms with van der Waals surface area (Å²) in [7, 11) is 1.67. The molecule has 1 atom stereocenters. The number of hydrogen-bond donors (Lipinski definition) is 5. The summed E-state index contributed by atoms with van der Waals surface area (Å²) in [5, 5.41) is 28.9. The van der Waals surface area contributed by atoms with E-state index in [-0.39, 0.29) is 5.63 Å². The third kappa shape index (κ3) is 19.2. The van der Waals surface area contributed by atoms with Crippen LogP contribution in [0.2, 0.25) is 0 Å². The zero-order chi connectivity index (χ0) is 85.1. The predicted molar refractivity (Wildman–Crippen MR) is 466 cm³/mol. The standard InChI is InChI=1S/C25H29N5O3.2C22H24N4O4.C21H21N5O2/c1-16-13-30-14-21(27-23(30)17(2)26-16)20-11-18-5-6-19(12-22(18)33-24(20)31)29-9-7-28(8-10-29)15-25(3,4)32;1-14-12-26-13-19(25-21(26)15(2)24-14)18-10-16-4-5-17(11-20(16)30-22(18)27)29-9-7-23-6-8-28-3;1-13-11-26-12-19(25-21(26)15(3)24-13)18-8-16-4-5-17(9-20(16)30-22(18)28)29-7-6-23-10-14(2)27;1-12-8-26-11-18(24-20(26)13(2)23-12)17-5-15-3-4-16(6-19(15)28-21(17)27)25-9-14(7-22)10-25/h5-6,11-14,32H,7-10,15H2,1-4H3;4-5,10-13,23H,6-9H2,1-3H3;4-5,8-9,11-12,14,23,27H,6-7,10H2,1-3H3;3-6,8,11,14H,7,9-10,22H2,1-2H3. The van der Waals surface area contributed by atoms with Gasteiger partial charge < -0.3 is 85.9 Å². The van der Waals surface area contributed by atoms with Crippen LogP contribution in [0.15, 0.2) is 183 Å². The Balaban J connectivity index is 0.000000126. The van der Waals surface area contributed by atoms with Crippen LogP contribution in [-0.4, -0.2) is 190 Å². The van der Waals surface area contributed by atoms with Crippen molar-refractivity contribution in [3.63, 3.8) is 0 Å². The molecule has 0 saturated carbocycles. The van der Waals surface area contributed by atoms with Gasteiger partial charge in [-0.3, -0.25) is 24.8 Å². The highest BCUT2D eigenvalue weighted by Gasteiger charge is 2.28. The first-order valence-corrected chi connectivity index (χ1v) is 40.3. The number of aliphatic hydroxyl groups excluding tert-OH is 1. The fourth-order valence-corrected chi connectivity index (χ4v) is 15.1. The number of β-amino-alcohol motifs (C(OH)–C–C–N with tert-alkyl or cyclic N) is 1. The first-order valence-electron chi connectivity index (χ1n) is 40.3. The normalized spacial score (nSPS) is 13.6. The highest BCUT2D eigenvalue weighted by atomic mass is 16.5. The molecule has 4 aromatic carbocycles. The summed E-state index contributed by atoms with van der Waals surface area (Å²) < 4.78 is 46.4. The molecule has 2 saturated heterocycles. The van der Waals surface area contributed by atoms with Crippen LogP contribution < -0.4 is 58.1 Å². The van der Waals surface area contributed by atoms with Gasteiger partial charge >= 0.3 is 22.5 Å². The number of imidazole rings is 4. The minimum absolute atomic E-state index is 0.390. The summed E-state index contributed by atoms with van der Waals surface area (Å²) in [5.74, 6) is 1.81. The number of aryl methyl sites for hydroxylation is 8. The third-order valence-corrected chi connectivity index (χ3v) is 20.9. The minimum atomic E-state index is -0.693. The Morgan fingerprint density at radius 3 is 1.14 bits per heavy atom. The quantitative estimate of drug-likeness (QED) is 0.0311. The SMILES string of the molecule is COCCNCCOc1ccc2cc(-c3cn4cc(C)nc(C)c4n3)c(=O)oc2c1.Cc1cn2cc(-c3cc4ccc(N5CC(CN)C5)cc4oc3=O)nc2c(C)n1.Cc1cn2cc(-c3cc4ccc(N5CCN(CC(C)(C)O)CC5)cc4oc3=O)nc2c(C)n1.Cc1cn2cc(-c3cc4ccc(OCCNCC(C)O)cc4oc3=O)nc2c(C)n1. The van der Waals surface area contributed by atoms with Crippen molar-refractivity contribution in [2.75, 3.05) is 115 Å². The molecule has 2 aliphatic heterocycles. The molecule has 121 heavy (non-hydrogen) atoms. The first-order chi connectivity index (χ1) is 58.1. The number of piperazine rings is 1. The van der Waals surface area contributed by atoms with Gasteiger partial charge in [0.15, 0.2) is 22.6 Å². The number of methoxy groups -OCH3 is 1. The molecule has 18 rings (SSSR count). The summed E-state index contributed by atoms with van der Waals surface area (Å²) in [6.45, 7) is 31.6. The number of fused-ring (bicyclic) bond motifs is 8. The molecule has 12 aromatic heterocycles. The predicted octanol–water partition coefficient (Wildman–Crippen LogP) is 10.7. The summed E-state index contributed by atoms with van der Waals surface area (Å²) in [4.78, 5) is 93.7. The summed E-state index contributed by atoms with van der Waals surface area (Å²) in [5.41, 5.74) is 21.2. The summed E-state index contributed by atoms with van der Waals surface area (Å²) >= 11 is 0. The Morgan fingerprint density at radius 2 is 0.793 bits per heavy atom. The molecule has 1 unspecified atom stereocenters. The van der Waals surface area contributed by atoms with Crippen molar-refractivity contribution < 1.29 is 42.1 Å². The van der Waals surface area contributed by atoms with Crippen LogP contribution in [-0.2, 0) is 4.74 Å². The van der Waals surface area contributed by atoms with Crippen molar-refractivity contribution in [1.82, 2.24) is 73.0 Å². The Labute approximate surface area is 694 Å². The number of nitrogens with one attached hydrogen (secondary N) is 2. The van der Waals surface area contributed by atoms with Crippen molar-refractivity contribution in [2.24, 2.45) is 11.7 Å². The number of nitrogens with two attached hydrogens (primary N) is 1. The van der Waals surface area contributed by atoms with Crippen molar-refractivity contribution >= 4 is 77.8 Å². The lowest BCUT2D eigenvalue weighted by Crippen LogP contribution is -2.50. The van der Waals surface area contributed by atoms with E-state index in [1.807, 2.05) is 197 Å². The van der Waals surface area contributed by atoms with E-state index in [0.29, 0.717) is 143 Å². The van der Waals surface area contributed by atoms with Crippen LogP contribution in [0.5, 0.6) is 11.5 Å². The lowest BCUT2D eigenvalue weighted by Gasteiger charge is -2.40. The topological polar surface area (TPSA) is 370 Å². The number of nitrogens with zero attached hydrogens (tertiary/aromatic N) is 15. The van der Waals surface area contributed by atoms with Crippen molar-refractivity contribution in [2.45, 2.75) is 87.9 Å². The van der Waals surface area contributed by atoms with Crippen LogP contribution in [0, 0.1) is 61.3 Å². The second-order valence-electron chi connectivity index (χ2n) is 31.5. The van der Waals surface area contributed by atoms with Gasteiger partial charge in [-0.2, -0.15) is 0 Å². The van der Waals surface area contributed by atoms with Crippen molar-refractivity contribution in [3.8, 4) is 56.5 Å². The Kier molecular flexibility index (Phi) is 24.5. The average Bonchev–Trinajstić information content (AvgIpc) is 1.75. The van der Waals surface area contributed by atoms with Gasteiger partial charge in [0.05, 0.1) is 109 Å². The molecule has 0 aliphatic carbocycles. The van der Waals surface area contributed by atoms with E-state index in [2.05, 4.69) is 77.3 Å². The van der Waals surface area contributed by atoms with E-state index < -0.39 is 28.6 Å². The molecule has 16 aromatic rings. The molecule has 14 heterocycles. The second kappa shape index (κ2) is 35.6. The van der Waals surface area contributed by atoms with E-state index >= 15 is 0 Å². The van der Waals surface area contributed by atoms with E-state index in [0.717, 1.165) is 141 Å². The van der Waals surface area contributed by atoms with Crippen LogP contribution in [0.4, 0.5) is 11.4 Å². The number of ether oxygens (including phenoxy) is 3. The van der Waals surface area contributed by atoms with Gasteiger partial charge in [-0.25, -0.2) is 39.1 Å². The maximum Gasteiger partial charge on any atom is 0.345 e. The molecule has 31 heteroatoms. The molecular formula is C90H98N18O13. The van der Waals surface area contributed by atoms with Gasteiger partial charge in [-0.1, -0.05) is 0 Å². The first kappa shape index (κ1) is 83.2. The molecule has 2 fully saturated rings. The number of benzene rings is 4. The number of hydrogen-bond acceptors (Lipinski definition) is 27. The van der Waals surface area contributed by atoms with E-state index in [1.165, 1.54) is 0 Å². The van der Waals surface area contributed by atoms with E-state index in [4.69, 9.17) is 37.6 Å². The van der Waals surface area contributed by atoms with E-state index in [1.54, 1.807) is 38.3 Å². The Morgan fingerprint density at radius 1 is 0.455 bits per heavy atom. The lowest BCUT2D eigenvalue weighted by atomic mass is 9.99. The van der Waals surface area contributed by atoms with E-state index in [9.17, 15) is 29.4 Å². The molecule has 0 amide bonds. The maximum absolute atomic E-state index is 12.9. The summed E-state index contributed by atoms with van der Waals surface area (Å²) in [6.07, 6.45) is 14.5. The largest absolute Gasteiger partial charge is 0.492 e. The third-order valence-electron chi connectivity index (χ3n) is 20.9. The molecule has 2 aliphatic rings. The van der Waals surface area contributed by atoms with Crippen molar-refractivity contribution in [3.05, 3.63) is 234 Å². The fourth-order valence-electron chi connectivity index (χ4n) is 15.1.